The van der Waals surface area contributed by atoms with Crippen molar-refractivity contribution in [3.05, 3.63) is 29.3 Å². The third-order valence-corrected chi connectivity index (χ3v) is 2.11. The third kappa shape index (κ3) is 3.35. The van der Waals surface area contributed by atoms with Crippen molar-refractivity contribution < 1.29 is 19.4 Å². The van der Waals surface area contributed by atoms with E-state index in [9.17, 15) is 14.7 Å². The van der Waals surface area contributed by atoms with Gasteiger partial charge in [-0.15, -0.1) is 0 Å². The van der Waals surface area contributed by atoms with Crippen LogP contribution in [0.4, 0.5) is 0 Å². The second kappa shape index (κ2) is 5.71. The monoisotopic (exact) mass is 232 g/mol. The SMILES string of the molecule is CCC(=O)c1cc(C#CC(=O)OC)ccc1O. The average molecular weight is 232 g/mol. The van der Waals surface area contributed by atoms with Crippen LogP contribution in [0.2, 0.25) is 0 Å². The number of rotatable bonds is 2. The van der Waals surface area contributed by atoms with Gasteiger partial charge in [0.05, 0.1) is 12.7 Å². The zero-order valence-corrected chi connectivity index (χ0v) is 9.61. The van der Waals surface area contributed by atoms with Crippen LogP contribution >= 0.6 is 0 Å². The highest BCUT2D eigenvalue weighted by molar-refractivity contribution is 5.98. The van der Waals surface area contributed by atoms with Crippen molar-refractivity contribution in [1.82, 2.24) is 0 Å². The number of carbonyl (C=O) groups is 2. The van der Waals surface area contributed by atoms with Gasteiger partial charge >= 0.3 is 5.97 Å². The number of esters is 1. The van der Waals surface area contributed by atoms with Crippen LogP contribution in [0.1, 0.15) is 29.3 Å². The van der Waals surface area contributed by atoms with Gasteiger partial charge in [0.1, 0.15) is 5.75 Å². The molecular formula is C13H12O4. The molecule has 4 nitrogen and oxygen atoms in total. The van der Waals surface area contributed by atoms with Crippen molar-refractivity contribution in [2.75, 3.05) is 7.11 Å². The molecule has 1 aromatic rings. The molecule has 0 saturated carbocycles. The van der Waals surface area contributed by atoms with Crippen molar-refractivity contribution in [1.29, 1.82) is 0 Å². The smallest absolute Gasteiger partial charge is 0.384 e. The first kappa shape index (κ1) is 12.8. The lowest BCUT2D eigenvalue weighted by Gasteiger charge is -2.02. The summed E-state index contributed by atoms with van der Waals surface area (Å²) in [6, 6.07) is 4.36. The second-order valence-electron chi connectivity index (χ2n) is 3.25. The van der Waals surface area contributed by atoms with Crippen molar-refractivity contribution in [3.63, 3.8) is 0 Å². The zero-order chi connectivity index (χ0) is 12.8. The number of hydrogen-bond donors (Lipinski definition) is 1. The van der Waals surface area contributed by atoms with Crippen molar-refractivity contribution >= 4 is 11.8 Å². The number of methoxy groups -OCH3 is 1. The number of ketones is 1. The number of phenols is 1. The average Bonchev–Trinajstić information content (AvgIpc) is 2.36. The Hall–Kier alpha value is -2.28. The Morgan fingerprint density at radius 1 is 1.41 bits per heavy atom. The molecule has 1 N–H and O–H groups in total. The molecule has 0 amide bonds. The summed E-state index contributed by atoms with van der Waals surface area (Å²) in [4.78, 5) is 22.3. The summed E-state index contributed by atoms with van der Waals surface area (Å²) in [6.45, 7) is 1.70. The van der Waals surface area contributed by atoms with Crippen LogP contribution in [0.3, 0.4) is 0 Å². The Labute approximate surface area is 99.2 Å². The summed E-state index contributed by atoms with van der Waals surface area (Å²) in [5, 5.41) is 9.50. The van der Waals surface area contributed by atoms with Crippen LogP contribution < -0.4 is 0 Å². The molecule has 0 heterocycles. The third-order valence-electron chi connectivity index (χ3n) is 2.11. The van der Waals surface area contributed by atoms with Crippen LogP contribution in [-0.2, 0) is 9.53 Å². The van der Waals surface area contributed by atoms with Crippen LogP contribution in [0.5, 0.6) is 5.75 Å². The van der Waals surface area contributed by atoms with E-state index < -0.39 is 5.97 Å². The molecule has 0 aromatic heterocycles. The van der Waals surface area contributed by atoms with Crippen molar-refractivity contribution in [3.8, 4) is 17.6 Å². The fourth-order valence-electron chi connectivity index (χ4n) is 1.20. The number of carbonyl (C=O) groups excluding carboxylic acids is 2. The van der Waals surface area contributed by atoms with E-state index >= 15 is 0 Å². The quantitative estimate of drug-likeness (QED) is 0.477. The molecule has 4 heteroatoms. The lowest BCUT2D eigenvalue weighted by molar-refractivity contribution is -0.133. The van der Waals surface area contributed by atoms with Crippen LogP contribution in [0, 0.1) is 11.8 Å². The molecule has 88 valence electrons. The summed E-state index contributed by atoms with van der Waals surface area (Å²) in [6.07, 6.45) is 0.293. The summed E-state index contributed by atoms with van der Waals surface area (Å²) in [5.74, 6) is 3.89. The van der Waals surface area contributed by atoms with E-state index in [2.05, 4.69) is 16.6 Å². The standard InChI is InChI=1S/C13H12O4/c1-3-11(14)10-8-9(4-6-12(10)15)5-7-13(16)17-2/h4,6,8,15H,3H2,1-2H3. The molecular weight excluding hydrogens is 220 g/mol. The van der Waals surface area contributed by atoms with Gasteiger partial charge in [-0.3, -0.25) is 4.79 Å². The molecule has 0 aliphatic carbocycles. The summed E-state index contributed by atoms with van der Waals surface area (Å²) < 4.78 is 4.37. The number of Topliss-reactive ketones (excluding diaryl/α,β-unsaturated/α-hetero) is 1. The van der Waals surface area contributed by atoms with Gasteiger partial charge in [-0.05, 0) is 18.2 Å². The highest BCUT2D eigenvalue weighted by Gasteiger charge is 2.09. The van der Waals surface area contributed by atoms with E-state index in [1.807, 2.05) is 0 Å². The number of ether oxygens (including phenoxy) is 1. The highest BCUT2D eigenvalue weighted by Crippen LogP contribution is 2.19. The van der Waals surface area contributed by atoms with Gasteiger partial charge in [-0.25, -0.2) is 4.79 Å². The van der Waals surface area contributed by atoms with Gasteiger partial charge in [-0.1, -0.05) is 12.8 Å². The minimum atomic E-state index is -0.651. The molecule has 0 atom stereocenters. The molecule has 0 saturated heterocycles. The van der Waals surface area contributed by atoms with E-state index in [1.165, 1.54) is 25.3 Å². The van der Waals surface area contributed by atoms with Crippen LogP contribution in [0.25, 0.3) is 0 Å². The molecule has 0 aliphatic heterocycles. The Bertz CT molecular complexity index is 506. The van der Waals surface area contributed by atoms with Crippen molar-refractivity contribution in [2.24, 2.45) is 0 Å². The number of hydrogen-bond acceptors (Lipinski definition) is 4. The van der Waals surface area contributed by atoms with E-state index in [4.69, 9.17) is 0 Å². The summed E-state index contributed by atoms with van der Waals surface area (Å²) in [7, 11) is 1.24. The highest BCUT2D eigenvalue weighted by atomic mass is 16.5. The molecule has 17 heavy (non-hydrogen) atoms. The molecule has 0 bridgehead atoms. The molecule has 0 spiro atoms. The maximum Gasteiger partial charge on any atom is 0.384 e. The molecule has 1 aromatic carbocycles. The Balaban J connectivity index is 3.07. The first-order valence-electron chi connectivity index (χ1n) is 5.04. The number of aromatic hydroxyl groups is 1. The Morgan fingerprint density at radius 3 is 2.71 bits per heavy atom. The first-order chi connectivity index (χ1) is 8.08. The number of phenolic OH excluding ortho intramolecular Hbond substituents is 1. The molecule has 0 unspecified atom stereocenters. The summed E-state index contributed by atoms with van der Waals surface area (Å²) in [5.41, 5.74) is 0.689. The largest absolute Gasteiger partial charge is 0.507 e. The van der Waals surface area contributed by atoms with E-state index in [-0.39, 0.29) is 17.1 Å². The van der Waals surface area contributed by atoms with E-state index in [0.717, 1.165) is 0 Å². The van der Waals surface area contributed by atoms with Gasteiger partial charge in [0.2, 0.25) is 0 Å². The van der Waals surface area contributed by atoms with E-state index in [0.29, 0.717) is 12.0 Å². The predicted molar refractivity (Wildman–Crippen MR) is 61.6 cm³/mol. The topological polar surface area (TPSA) is 63.6 Å². The first-order valence-corrected chi connectivity index (χ1v) is 5.04. The maximum absolute atomic E-state index is 11.5. The molecule has 0 radical (unpaired) electrons. The van der Waals surface area contributed by atoms with E-state index in [1.54, 1.807) is 6.92 Å². The fraction of sp³-hybridized carbons (Fsp3) is 0.231. The minimum absolute atomic E-state index is 0.0829. The van der Waals surface area contributed by atoms with Gasteiger partial charge in [-0.2, -0.15) is 0 Å². The minimum Gasteiger partial charge on any atom is -0.507 e. The normalized spacial score (nSPS) is 9.06. The zero-order valence-electron chi connectivity index (χ0n) is 9.61. The van der Waals surface area contributed by atoms with Gasteiger partial charge in [0, 0.05) is 17.9 Å². The Morgan fingerprint density at radius 2 is 2.12 bits per heavy atom. The molecule has 0 aliphatic rings. The maximum atomic E-state index is 11.5. The number of benzene rings is 1. The molecule has 0 fully saturated rings. The lowest BCUT2D eigenvalue weighted by Crippen LogP contribution is -1.98. The summed E-state index contributed by atoms with van der Waals surface area (Å²) >= 11 is 0. The van der Waals surface area contributed by atoms with Crippen LogP contribution in [0.15, 0.2) is 18.2 Å². The van der Waals surface area contributed by atoms with Gasteiger partial charge < -0.3 is 9.84 Å². The predicted octanol–water partition coefficient (Wildman–Crippen LogP) is 1.51. The Kier molecular flexibility index (Phi) is 4.29. The van der Waals surface area contributed by atoms with Gasteiger partial charge in [0.15, 0.2) is 5.78 Å². The van der Waals surface area contributed by atoms with Crippen LogP contribution in [-0.4, -0.2) is 24.0 Å². The lowest BCUT2D eigenvalue weighted by atomic mass is 10.0. The fourth-order valence-corrected chi connectivity index (χ4v) is 1.20. The molecule has 1 rings (SSSR count). The second-order valence-corrected chi connectivity index (χ2v) is 3.25. The van der Waals surface area contributed by atoms with Crippen molar-refractivity contribution in [2.45, 2.75) is 13.3 Å². The van der Waals surface area contributed by atoms with Gasteiger partial charge in [0.25, 0.3) is 0 Å².